The van der Waals surface area contributed by atoms with Crippen LogP contribution in [0.1, 0.15) is 29.1 Å². The number of pyridine rings is 1. The van der Waals surface area contributed by atoms with Crippen molar-refractivity contribution in [2.75, 3.05) is 0 Å². The smallest absolute Gasteiger partial charge is 0.269 e. The van der Waals surface area contributed by atoms with E-state index in [4.69, 9.17) is 0 Å². The second-order valence-corrected chi connectivity index (χ2v) is 4.98. The van der Waals surface area contributed by atoms with E-state index in [1.807, 2.05) is 55.5 Å². The SMILES string of the molecule is C[C@@H](NC(=O)c1cc(-c2ccccc2)n[nH]1)c1ccccn1. The van der Waals surface area contributed by atoms with Crippen molar-refractivity contribution in [1.82, 2.24) is 20.5 Å². The van der Waals surface area contributed by atoms with Crippen molar-refractivity contribution in [2.24, 2.45) is 0 Å². The Bertz CT molecular complexity index is 753. The minimum Gasteiger partial charge on any atom is -0.343 e. The lowest BCUT2D eigenvalue weighted by Crippen LogP contribution is -2.27. The molecule has 1 amide bonds. The van der Waals surface area contributed by atoms with Gasteiger partial charge in [0.1, 0.15) is 5.69 Å². The molecule has 3 aromatic rings. The van der Waals surface area contributed by atoms with E-state index >= 15 is 0 Å². The number of nitrogens with one attached hydrogen (secondary N) is 2. The van der Waals surface area contributed by atoms with E-state index in [-0.39, 0.29) is 11.9 Å². The Morgan fingerprint density at radius 1 is 1.14 bits per heavy atom. The zero-order valence-corrected chi connectivity index (χ0v) is 12.2. The number of carbonyl (C=O) groups is 1. The number of hydrogen-bond acceptors (Lipinski definition) is 3. The fourth-order valence-corrected chi connectivity index (χ4v) is 2.18. The van der Waals surface area contributed by atoms with Crippen molar-refractivity contribution in [2.45, 2.75) is 13.0 Å². The molecule has 3 rings (SSSR count). The average molecular weight is 292 g/mol. The summed E-state index contributed by atoms with van der Waals surface area (Å²) in [5.74, 6) is -0.201. The second-order valence-electron chi connectivity index (χ2n) is 4.98. The molecule has 0 saturated heterocycles. The molecule has 0 aliphatic heterocycles. The van der Waals surface area contributed by atoms with Gasteiger partial charge in [-0.3, -0.25) is 14.9 Å². The zero-order chi connectivity index (χ0) is 15.4. The third-order valence-electron chi connectivity index (χ3n) is 3.37. The predicted molar refractivity (Wildman–Crippen MR) is 84.1 cm³/mol. The van der Waals surface area contributed by atoms with Gasteiger partial charge in [-0.15, -0.1) is 0 Å². The summed E-state index contributed by atoms with van der Waals surface area (Å²) in [6.07, 6.45) is 1.71. The van der Waals surface area contributed by atoms with Crippen LogP contribution in [0, 0.1) is 0 Å². The van der Waals surface area contributed by atoms with Crippen molar-refractivity contribution in [3.05, 3.63) is 72.2 Å². The molecule has 1 atom stereocenters. The molecule has 2 N–H and O–H groups in total. The Hall–Kier alpha value is -2.95. The number of carbonyl (C=O) groups excluding carboxylic acids is 1. The first-order chi connectivity index (χ1) is 10.7. The fraction of sp³-hybridized carbons (Fsp3) is 0.118. The molecule has 110 valence electrons. The van der Waals surface area contributed by atoms with Crippen molar-refractivity contribution in [3.63, 3.8) is 0 Å². The van der Waals surface area contributed by atoms with Crippen LogP contribution in [0.15, 0.2) is 60.8 Å². The zero-order valence-electron chi connectivity index (χ0n) is 12.2. The van der Waals surface area contributed by atoms with Crippen molar-refractivity contribution in [3.8, 4) is 11.3 Å². The molecule has 1 aromatic carbocycles. The summed E-state index contributed by atoms with van der Waals surface area (Å²) in [6.45, 7) is 1.90. The number of aromatic amines is 1. The molecule has 0 aliphatic carbocycles. The number of aromatic nitrogens is 3. The standard InChI is InChI=1S/C17H16N4O/c1-12(14-9-5-6-10-18-14)19-17(22)16-11-15(20-21-16)13-7-3-2-4-8-13/h2-12H,1H3,(H,19,22)(H,20,21)/t12-/m1/s1. The molecule has 0 saturated carbocycles. The highest BCUT2D eigenvalue weighted by molar-refractivity contribution is 5.93. The van der Waals surface area contributed by atoms with Crippen LogP contribution in [0.25, 0.3) is 11.3 Å². The van der Waals surface area contributed by atoms with Gasteiger partial charge < -0.3 is 5.32 Å². The summed E-state index contributed by atoms with van der Waals surface area (Å²) in [5.41, 5.74) is 2.96. The lowest BCUT2D eigenvalue weighted by Gasteiger charge is -2.12. The highest BCUT2D eigenvalue weighted by atomic mass is 16.2. The third-order valence-corrected chi connectivity index (χ3v) is 3.37. The van der Waals surface area contributed by atoms with Crippen LogP contribution in [0.2, 0.25) is 0 Å². The molecule has 0 fully saturated rings. The van der Waals surface area contributed by atoms with E-state index < -0.39 is 0 Å². The number of rotatable bonds is 4. The summed E-state index contributed by atoms with van der Waals surface area (Å²) in [7, 11) is 0. The van der Waals surface area contributed by atoms with Crippen LogP contribution >= 0.6 is 0 Å². The quantitative estimate of drug-likeness (QED) is 0.776. The Balaban J connectivity index is 1.72. The maximum Gasteiger partial charge on any atom is 0.269 e. The molecule has 0 radical (unpaired) electrons. The molecular formula is C17H16N4O. The summed E-state index contributed by atoms with van der Waals surface area (Å²) in [6, 6.07) is 16.9. The molecule has 2 heterocycles. The van der Waals surface area contributed by atoms with E-state index in [1.165, 1.54) is 0 Å². The highest BCUT2D eigenvalue weighted by Crippen LogP contribution is 2.17. The van der Waals surface area contributed by atoms with E-state index in [0.717, 1.165) is 17.0 Å². The van der Waals surface area contributed by atoms with Gasteiger partial charge in [0.15, 0.2) is 0 Å². The molecule has 0 spiro atoms. The van der Waals surface area contributed by atoms with Crippen molar-refractivity contribution in [1.29, 1.82) is 0 Å². The van der Waals surface area contributed by atoms with Gasteiger partial charge in [0.05, 0.1) is 17.4 Å². The van der Waals surface area contributed by atoms with E-state index in [2.05, 4.69) is 20.5 Å². The summed E-state index contributed by atoms with van der Waals surface area (Å²) < 4.78 is 0. The van der Waals surface area contributed by atoms with Crippen molar-refractivity contribution >= 4 is 5.91 Å². The van der Waals surface area contributed by atoms with Gasteiger partial charge in [0, 0.05) is 11.8 Å². The van der Waals surface area contributed by atoms with Crippen LogP contribution in [-0.4, -0.2) is 21.1 Å². The topological polar surface area (TPSA) is 70.7 Å². The summed E-state index contributed by atoms with van der Waals surface area (Å²) in [4.78, 5) is 16.5. The molecule has 0 bridgehead atoms. The second kappa shape index (κ2) is 6.22. The summed E-state index contributed by atoms with van der Waals surface area (Å²) >= 11 is 0. The third kappa shape index (κ3) is 3.03. The van der Waals surface area contributed by atoms with E-state index in [0.29, 0.717) is 5.69 Å². The summed E-state index contributed by atoms with van der Waals surface area (Å²) in [5, 5.41) is 9.87. The van der Waals surface area contributed by atoms with Gasteiger partial charge >= 0.3 is 0 Å². The molecular weight excluding hydrogens is 276 g/mol. The van der Waals surface area contributed by atoms with Gasteiger partial charge in [-0.2, -0.15) is 5.10 Å². The molecule has 5 heteroatoms. The largest absolute Gasteiger partial charge is 0.343 e. The lowest BCUT2D eigenvalue weighted by molar-refractivity contribution is 0.0934. The molecule has 5 nitrogen and oxygen atoms in total. The highest BCUT2D eigenvalue weighted by Gasteiger charge is 2.14. The lowest BCUT2D eigenvalue weighted by atomic mass is 10.1. The molecule has 0 unspecified atom stereocenters. The van der Waals surface area contributed by atoms with Crippen LogP contribution in [0.3, 0.4) is 0 Å². The minimum atomic E-state index is -0.201. The van der Waals surface area contributed by atoms with Crippen molar-refractivity contribution < 1.29 is 4.79 Å². The Morgan fingerprint density at radius 3 is 2.64 bits per heavy atom. The normalized spacial score (nSPS) is 11.9. The van der Waals surface area contributed by atoms with Gasteiger partial charge in [-0.25, -0.2) is 0 Å². The van der Waals surface area contributed by atoms with Crippen LogP contribution in [-0.2, 0) is 0 Å². The van der Waals surface area contributed by atoms with Crippen LogP contribution in [0.4, 0.5) is 0 Å². The fourth-order valence-electron chi connectivity index (χ4n) is 2.18. The Morgan fingerprint density at radius 2 is 1.91 bits per heavy atom. The molecule has 22 heavy (non-hydrogen) atoms. The van der Waals surface area contributed by atoms with Crippen LogP contribution in [0.5, 0.6) is 0 Å². The average Bonchev–Trinajstić information content (AvgIpc) is 3.06. The van der Waals surface area contributed by atoms with Gasteiger partial charge in [0.25, 0.3) is 5.91 Å². The Kier molecular flexibility index (Phi) is 3.96. The number of H-pyrrole nitrogens is 1. The number of benzene rings is 1. The maximum atomic E-state index is 12.3. The van der Waals surface area contributed by atoms with Crippen LogP contribution < -0.4 is 5.32 Å². The Labute approximate surface area is 128 Å². The van der Waals surface area contributed by atoms with Gasteiger partial charge in [-0.1, -0.05) is 36.4 Å². The predicted octanol–water partition coefficient (Wildman–Crippen LogP) is 2.96. The van der Waals surface area contributed by atoms with E-state index in [9.17, 15) is 4.79 Å². The number of nitrogens with zero attached hydrogens (tertiary/aromatic N) is 2. The van der Waals surface area contributed by atoms with E-state index in [1.54, 1.807) is 12.3 Å². The monoisotopic (exact) mass is 292 g/mol. The first kappa shape index (κ1) is 14.0. The van der Waals surface area contributed by atoms with Gasteiger partial charge in [0.2, 0.25) is 0 Å². The first-order valence-corrected chi connectivity index (χ1v) is 7.06. The molecule has 0 aliphatic rings. The number of amides is 1. The van der Waals surface area contributed by atoms with Gasteiger partial charge in [-0.05, 0) is 25.1 Å². The molecule has 2 aromatic heterocycles. The number of hydrogen-bond donors (Lipinski definition) is 2. The minimum absolute atomic E-state index is 0.169. The first-order valence-electron chi connectivity index (χ1n) is 7.06. The maximum absolute atomic E-state index is 12.3.